The number of rotatable bonds is 3. The van der Waals surface area contributed by atoms with Crippen LogP contribution < -0.4 is 0 Å². The lowest BCUT2D eigenvalue weighted by Crippen LogP contribution is -2.00. The quantitative estimate of drug-likeness (QED) is 0.552. The zero-order chi connectivity index (χ0) is 16.6. The van der Waals surface area contributed by atoms with E-state index in [2.05, 4.69) is 30.6 Å². The Balaban J connectivity index is 1.95. The number of aromatic amines is 1. The summed E-state index contributed by atoms with van der Waals surface area (Å²) in [4.78, 5) is 18.8. The highest BCUT2D eigenvalue weighted by Crippen LogP contribution is 2.22. The second kappa shape index (κ2) is 6.08. The van der Waals surface area contributed by atoms with Crippen LogP contribution in [0.2, 0.25) is 0 Å². The Bertz CT molecular complexity index is 908. The van der Waals surface area contributed by atoms with Gasteiger partial charge in [-0.15, -0.1) is 0 Å². The van der Waals surface area contributed by atoms with Gasteiger partial charge in [0.15, 0.2) is 0 Å². The first-order valence-corrected chi connectivity index (χ1v) is 7.47. The molecule has 0 radical (unpaired) electrons. The number of aromatic nitrogens is 2. The highest BCUT2D eigenvalue weighted by molar-refractivity contribution is 9.10. The van der Waals surface area contributed by atoms with E-state index >= 15 is 0 Å². The molecule has 0 atom stereocenters. The van der Waals surface area contributed by atoms with Gasteiger partial charge in [-0.1, -0.05) is 0 Å². The standard InChI is InChI=1S/C16H11BrF2N2O2/c1-23-16(22)8-2-3-13-14(5-8)21-15(20-13)6-9-4-12(19)10(17)7-11(9)18/h2-5,7H,6H2,1H3,(H,20,21). The monoisotopic (exact) mass is 380 g/mol. The molecule has 0 aliphatic heterocycles. The van der Waals surface area contributed by atoms with Crippen LogP contribution in [0.3, 0.4) is 0 Å². The topological polar surface area (TPSA) is 55.0 Å². The molecule has 2 aromatic carbocycles. The van der Waals surface area contributed by atoms with Crippen molar-refractivity contribution in [2.75, 3.05) is 7.11 Å². The molecule has 4 nitrogen and oxygen atoms in total. The number of fused-ring (bicyclic) bond motifs is 1. The van der Waals surface area contributed by atoms with E-state index in [0.717, 1.165) is 12.1 Å². The average Bonchev–Trinajstić information content (AvgIpc) is 2.93. The predicted octanol–water partition coefficient (Wildman–Crippen LogP) is 3.98. The van der Waals surface area contributed by atoms with Gasteiger partial charge in [0, 0.05) is 6.42 Å². The third kappa shape index (κ3) is 3.10. The number of hydrogen-bond donors (Lipinski definition) is 1. The van der Waals surface area contributed by atoms with Crippen LogP contribution in [0.15, 0.2) is 34.8 Å². The zero-order valence-electron chi connectivity index (χ0n) is 12.0. The van der Waals surface area contributed by atoms with Crippen molar-refractivity contribution in [3.8, 4) is 0 Å². The van der Waals surface area contributed by atoms with Gasteiger partial charge < -0.3 is 9.72 Å². The largest absolute Gasteiger partial charge is 0.465 e. The van der Waals surface area contributed by atoms with E-state index in [4.69, 9.17) is 0 Å². The smallest absolute Gasteiger partial charge is 0.337 e. The number of halogens is 3. The summed E-state index contributed by atoms with van der Waals surface area (Å²) in [6, 6.07) is 7.09. The second-order valence-electron chi connectivity index (χ2n) is 4.94. The van der Waals surface area contributed by atoms with Gasteiger partial charge in [0.2, 0.25) is 0 Å². The molecule has 1 aromatic heterocycles. The van der Waals surface area contributed by atoms with Crippen LogP contribution in [0.5, 0.6) is 0 Å². The zero-order valence-corrected chi connectivity index (χ0v) is 13.6. The molecule has 3 rings (SSSR count). The first kappa shape index (κ1) is 15.6. The summed E-state index contributed by atoms with van der Waals surface area (Å²) in [6.45, 7) is 0. The number of benzene rings is 2. The molecule has 0 bridgehead atoms. The van der Waals surface area contributed by atoms with E-state index in [1.165, 1.54) is 7.11 Å². The van der Waals surface area contributed by atoms with Gasteiger partial charge in [-0.25, -0.2) is 18.6 Å². The second-order valence-corrected chi connectivity index (χ2v) is 5.80. The Kier molecular flexibility index (Phi) is 4.12. The maximum atomic E-state index is 13.9. The van der Waals surface area contributed by atoms with Gasteiger partial charge in [0.05, 0.1) is 28.2 Å². The first-order valence-electron chi connectivity index (χ1n) is 6.68. The number of imidazole rings is 1. The predicted molar refractivity (Wildman–Crippen MR) is 84.3 cm³/mol. The number of esters is 1. The van der Waals surface area contributed by atoms with Crippen molar-refractivity contribution in [1.82, 2.24) is 9.97 Å². The lowest BCUT2D eigenvalue weighted by Gasteiger charge is -2.02. The summed E-state index contributed by atoms with van der Waals surface area (Å²) < 4.78 is 32.2. The van der Waals surface area contributed by atoms with Gasteiger partial charge in [0.1, 0.15) is 17.5 Å². The molecule has 1 N–H and O–H groups in total. The van der Waals surface area contributed by atoms with E-state index < -0.39 is 17.6 Å². The molecular formula is C16H11BrF2N2O2. The van der Waals surface area contributed by atoms with E-state index in [1.807, 2.05) is 0 Å². The Hall–Kier alpha value is -2.28. The van der Waals surface area contributed by atoms with Crippen LogP contribution in [-0.4, -0.2) is 23.0 Å². The summed E-state index contributed by atoms with van der Waals surface area (Å²) in [7, 11) is 1.30. The number of nitrogens with zero attached hydrogens (tertiary/aromatic N) is 1. The van der Waals surface area contributed by atoms with Gasteiger partial charge in [-0.3, -0.25) is 0 Å². The fraction of sp³-hybridized carbons (Fsp3) is 0.125. The SMILES string of the molecule is COC(=O)c1ccc2nc(Cc3cc(F)c(Br)cc3F)[nH]c2c1. The van der Waals surface area contributed by atoms with Crippen molar-refractivity contribution < 1.29 is 18.3 Å². The molecule has 118 valence electrons. The molecule has 0 saturated carbocycles. The number of ether oxygens (including phenoxy) is 1. The Labute approximate surface area is 138 Å². The molecular weight excluding hydrogens is 370 g/mol. The van der Waals surface area contributed by atoms with Crippen molar-refractivity contribution in [1.29, 1.82) is 0 Å². The van der Waals surface area contributed by atoms with E-state index in [1.54, 1.807) is 18.2 Å². The first-order chi connectivity index (χ1) is 11.0. The molecule has 0 amide bonds. The Morgan fingerprint density at radius 2 is 2.04 bits per heavy atom. The van der Waals surface area contributed by atoms with E-state index in [-0.39, 0.29) is 16.5 Å². The highest BCUT2D eigenvalue weighted by Gasteiger charge is 2.13. The minimum absolute atomic E-state index is 0.0751. The lowest BCUT2D eigenvalue weighted by molar-refractivity contribution is 0.0601. The number of nitrogens with one attached hydrogen (secondary N) is 1. The fourth-order valence-corrected chi connectivity index (χ4v) is 2.59. The Morgan fingerprint density at radius 3 is 2.78 bits per heavy atom. The van der Waals surface area contributed by atoms with Crippen molar-refractivity contribution in [3.63, 3.8) is 0 Å². The molecule has 1 heterocycles. The molecule has 0 saturated heterocycles. The molecule has 0 aliphatic rings. The molecule has 0 fully saturated rings. The summed E-state index contributed by atoms with van der Waals surface area (Å²) in [5, 5.41) is 0. The highest BCUT2D eigenvalue weighted by atomic mass is 79.9. The number of hydrogen-bond acceptors (Lipinski definition) is 3. The van der Waals surface area contributed by atoms with Gasteiger partial charge in [-0.05, 0) is 51.8 Å². The van der Waals surface area contributed by atoms with E-state index in [0.29, 0.717) is 22.4 Å². The third-order valence-corrected chi connectivity index (χ3v) is 4.01. The van der Waals surface area contributed by atoms with Gasteiger partial charge in [0.25, 0.3) is 0 Å². The van der Waals surface area contributed by atoms with Crippen LogP contribution in [0, 0.1) is 11.6 Å². The fourth-order valence-electron chi connectivity index (χ4n) is 2.27. The molecule has 3 aromatic rings. The minimum Gasteiger partial charge on any atom is -0.465 e. The molecule has 0 spiro atoms. The number of carbonyl (C=O) groups is 1. The summed E-state index contributed by atoms with van der Waals surface area (Å²) in [5.41, 5.74) is 1.83. The molecule has 0 unspecified atom stereocenters. The van der Waals surface area contributed by atoms with Crippen LogP contribution in [0.1, 0.15) is 21.7 Å². The summed E-state index contributed by atoms with van der Waals surface area (Å²) in [6.07, 6.45) is 0.109. The van der Waals surface area contributed by atoms with Crippen molar-refractivity contribution in [3.05, 3.63) is 63.4 Å². The van der Waals surface area contributed by atoms with E-state index in [9.17, 15) is 13.6 Å². The number of H-pyrrole nitrogens is 1. The van der Waals surface area contributed by atoms with Crippen molar-refractivity contribution >= 4 is 32.9 Å². The molecule has 7 heteroatoms. The van der Waals surface area contributed by atoms with Crippen LogP contribution in [0.4, 0.5) is 8.78 Å². The van der Waals surface area contributed by atoms with Crippen molar-refractivity contribution in [2.24, 2.45) is 0 Å². The van der Waals surface area contributed by atoms with Crippen molar-refractivity contribution in [2.45, 2.75) is 6.42 Å². The van der Waals surface area contributed by atoms with Gasteiger partial charge >= 0.3 is 5.97 Å². The maximum Gasteiger partial charge on any atom is 0.337 e. The Morgan fingerprint density at radius 1 is 1.26 bits per heavy atom. The normalized spacial score (nSPS) is 11.0. The molecule has 23 heavy (non-hydrogen) atoms. The van der Waals surface area contributed by atoms with Gasteiger partial charge in [-0.2, -0.15) is 0 Å². The number of methoxy groups -OCH3 is 1. The molecule has 0 aliphatic carbocycles. The minimum atomic E-state index is -0.537. The maximum absolute atomic E-state index is 13.9. The summed E-state index contributed by atoms with van der Waals surface area (Å²) in [5.74, 6) is -1.04. The lowest BCUT2D eigenvalue weighted by atomic mass is 10.1. The average molecular weight is 381 g/mol. The third-order valence-electron chi connectivity index (χ3n) is 3.40. The number of carbonyl (C=O) groups excluding carboxylic acids is 1. The summed E-state index contributed by atoms with van der Waals surface area (Å²) >= 11 is 2.94. The van der Waals surface area contributed by atoms with Crippen LogP contribution >= 0.6 is 15.9 Å². The van der Waals surface area contributed by atoms with Crippen LogP contribution in [0.25, 0.3) is 11.0 Å². The van der Waals surface area contributed by atoms with Crippen LogP contribution in [-0.2, 0) is 11.2 Å².